The molecule has 1 aliphatic carbocycles. The summed E-state index contributed by atoms with van der Waals surface area (Å²) < 4.78 is 45.2. The highest BCUT2D eigenvalue weighted by Gasteiger charge is 2.34. The number of alkyl halides is 3. The molecule has 36 heavy (non-hydrogen) atoms. The molecule has 0 spiro atoms. The zero-order chi connectivity index (χ0) is 25.3. The Morgan fingerprint density at radius 2 is 2.03 bits per heavy atom. The Balaban J connectivity index is 1.14. The maximum Gasteiger partial charge on any atom is 0.435 e. The van der Waals surface area contributed by atoms with Crippen molar-refractivity contribution in [2.75, 3.05) is 18.8 Å². The predicted octanol–water partition coefficient (Wildman–Crippen LogP) is 5.96. The Morgan fingerprint density at radius 1 is 1.22 bits per heavy atom. The molecule has 1 amide bonds. The fourth-order valence-corrected chi connectivity index (χ4v) is 6.03. The molecule has 12 heteroatoms. The van der Waals surface area contributed by atoms with Crippen LogP contribution in [-0.4, -0.2) is 49.0 Å². The van der Waals surface area contributed by atoms with Crippen molar-refractivity contribution in [3.63, 3.8) is 0 Å². The van der Waals surface area contributed by atoms with Gasteiger partial charge in [-0.25, -0.2) is 9.07 Å². The Bertz CT molecular complexity index is 1300. The number of allylic oxidation sites excluding steroid dienone is 4. The second-order valence-electron chi connectivity index (χ2n) is 8.76. The number of nitrogens with zero attached hydrogens (tertiary/aromatic N) is 5. The van der Waals surface area contributed by atoms with Gasteiger partial charge in [0, 0.05) is 41.7 Å². The molecular weight excluding hydrogens is 511 g/mol. The first-order valence-electron chi connectivity index (χ1n) is 11.6. The number of piperidine rings is 1. The minimum atomic E-state index is -4.50. The lowest BCUT2D eigenvalue weighted by molar-refractivity contribution is -0.141. The van der Waals surface area contributed by atoms with Crippen LogP contribution in [0.5, 0.6) is 0 Å². The molecule has 0 aromatic carbocycles. The van der Waals surface area contributed by atoms with E-state index in [4.69, 9.17) is 9.51 Å². The van der Waals surface area contributed by atoms with Crippen LogP contribution in [0.4, 0.5) is 13.2 Å². The Labute approximate surface area is 214 Å². The van der Waals surface area contributed by atoms with E-state index < -0.39 is 11.9 Å². The molecule has 0 atom stereocenters. The van der Waals surface area contributed by atoms with Gasteiger partial charge in [-0.3, -0.25) is 4.79 Å². The minimum Gasteiger partial charge on any atom is -0.356 e. The summed E-state index contributed by atoms with van der Waals surface area (Å²) in [4.78, 5) is 19.2. The van der Waals surface area contributed by atoms with E-state index in [9.17, 15) is 18.0 Å². The molecule has 5 rings (SSSR count). The molecular formula is C24H24F3N5O2S2. The number of aromatic nitrogens is 4. The van der Waals surface area contributed by atoms with Crippen LogP contribution in [0, 0.1) is 6.92 Å². The Hall–Kier alpha value is -2.86. The van der Waals surface area contributed by atoms with E-state index in [0.717, 1.165) is 65.7 Å². The van der Waals surface area contributed by atoms with E-state index in [-0.39, 0.29) is 17.6 Å². The highest BCUT2D eigenvalue weighted by atomic mass is 32.2. The van der Waals surface area contributed by atoms with Crippen LogP contribution >= 0.6 is 23.3 Å². The van der Waals surface area contributed by atoms with Crippen LogP contribution in [0.3, 0.4) is 0 Å². The number of hydrogen-bond donors (Lipinski definition) is 0. The fourth-order valence-electron chi connectivity index (χ4n) is 4.23. The number of amides is 1. The summed E-state index contributed by atoms with van der Waals surface area (Å²) in [5.74, 6) is 0.910. The maximum atomic E-state index is 12.8. The molecule has 0 unspecified atom stereocenters. The van der Waals surface area contributed by atoms with Gasteiger partial charge in [0.25, 0.3) is 0 Å². The van der Waals surface area contributed by atoms with Crippen LogP contribution in [0.15, 0.2) is 40.3 Å². The second-order valence-corrected chi connectivity index (χ2v) is 10.5. The zero-order valence-corrected chi connectivity index (χ0v) is 21.1. The second kappa shape index (κ2) is 10.3. The monoisotopic (exact) mass is 535 g/mol. The first-order valence-corrected chi connectivity index (χ1v) is 13.4. The molecule has 1 aliphatic heterocycles. The molecule has 1 saturated heterocycles. The average Bonchev–Trinajstić information content (AvgIpc) is 3.62. The number of rotatable bonds is 6. The van der Waals surface area contributed by atoms with Crippen LogP contribution in [0.1, 0.15) is 53.8 Å². The number of hydrogen-bond acceptors (Lipinski definition) is 7. The number of thiazole rings is 1. The molecule has 190 valence electrons. The standard InChI is InChI=1S/C24H24F3N5O2S2/c1-15-11-21(24(25,26)27)29-32(15)36-14-22(33)31-9-7-17(8-10-31)23-28-19(13-35-23)18-12-20(34-30-18)16-5-3-2-4-6-16/h3,5-6,11-13,17H,2,4,7-10,14H2,1H3. The number of carbonyl (C=O) groups is 1. The maximum absolute atomic E-state index is 12.8. The molecule has 0 radical (unpaired) electrons. The van der Waals surface area contributed by atoms with Crippen molar-refractivity contribution in [2.24, 2.45) is 0 Å². The lowest BCUT2D eigenvalue weighted by Crippen LogP contribution is -2.39. The van der Waals surface area contributed by atoms with E-state index in [1.165, 1.54) is 11.0 Å². The smallest absolute Gasteiger partial charge is 0.356 e. The van der Waals surface area contributed by atoms with Crippen molar-refractivity contribution < 1.29 is 22.5 Å². The minimum absolute atomic E-state index is 0.0337. The van der Waals surface area contributed by atoms with Gasteiger partial charge in [0.2, 0.25) is 5.91 Å². The number of carbonyl (C=O) groups excluding carboxylic acids is 1. The summed E-state index contributed by atoms with van der Waals surface area (Å²) in [6.45, 7) is 2.70. The largest absolute Gasteiger partial charge is 0.435 e. The molecule has 3 aromatic heterocycles. The molecule has 1 fully saturated rings. The third-order valence-corrected chi connectivity index (χ3v) is 8.22. The number of halogens is 3. The van der Waals surface area contributed by atoms with Crippen molar-refractivity contribution in [3.05, 3.63) is 57.9 Å². The zero-order valence-electron chi connectivity index (χ0n) is 19.5. The van der Waals surface area contributed by atoms with Gasteiger partial charge in [-0.2, -0.15) is 18.3 Å². The molecule has 0 saturated carbocycles. The lowest BCUT2D eigenvalue weighted by Gasteiger charge is -2.31. The molecule has 7 nitrogen and oxygen atoms in total. The van der Waals surface area contributed by atoms with Gasteiger partial charge in [0.05, 0.1) is 10.8 Å². The molecule has 2 aliphatic rings. The van der Waals surface area contributed by atoms with Crippen molar-refractivity contribution in [1.29, 1.82) is 0 Å². The molecule has 4 heterocycles. The van der Waals surface area contributed by atoms with Gasteiger partial charge in [0.1, 0.15) is 11.4 Å². The SMILES string of the molecule is Cc1cc(C(F)(F)F)nn1SCC(=O)N1CCC(c2nc(-c3cc(C4=CCCC=C4)on3)cs2)CC1. The Morgan fingerprint density at radius 3 is 2.72 bits per heavy atom. The average molecular weight is 536 g/mol. The van der Waals surface area contributed by atoms with E-state index in [1.54, 1.807) is 16.2 Å². The van der Waals surface area contributed by atoms with Crippen molar-refractivity contribution in [2.45, 2.75) is 44.7 Å². The first kappa shape index (κ1) is 24.8. The fraction of sp³-hybridized carbons (Fsp3) is 0.417. The van der Waals surface area contributed by atoms with E-state index in [2.05, 4.69) is 22.4 Å². The summed E-state index contributed by atoms with van der Waals surface area (Å²) in [6.07, 6.45) is 5.40. The lowest BCUT2D eigenvalue weighted by atomic mass is 9.97. The van der Waals surface area contributed by atoms with Crippen LogP contribution in [-0.2, 0) is 11.0 Å². The highest BCUT2D eigenvalue weighted by Crippen LogP contribution is 2.34. The van der Waals surface area contributed by atoms with E-state index >= 15 is 0 Å². The van der Waals surface area contributed by atoms with Gasteiger partial charge < -0.3 is 9.42 Å². The van der Waals surface area contributed by atoms with E-state index in [1.807, 2.05) is 17.5 Å². The van der Waals surface area contributed by atoms with Crippen LogP contribution in [0.2, 0.25) is 0 Å². The third-order valence-electron chi connectivity index (χ3n) is 6.22. The Kier molecular flexibility index (Phi) is 7.07. The van der Waals surface area contributed by atoms with Crippen molar-refractivity contribution in [1.82, 2.24) is 24.2 Å². The quantitative estimate of drug-likeness (QED) is 0.388. The van der Waals surface area contributed by atoms with Gasteiger partial charge in [-0.15, -0.1) is 11.3 Å². The number of likely N-dealkylation sites (tertiary alicyclic amines) is 1. The highest BCUT2D eigenvalue weighted by molar-refractivity contribution is 7.98. The van der Waals surface area contributed by atoms with Crippen LogP contribution in [0.25, 0.3) is 17.0 Å². The molecule has 0 bridgehead atoms. The van der Waals surface area contributed by atoms with Crippen molar-refractivity contribution >= 4 is 34.8 Å². The predicted molar refractivity (Wildman–Crippen MR) is 132 cm³/mol. The van der Waals surface area contributed by atoms with Gasteiger partial charge in [0.15, 0.2) is 11.5 Å². The first-order chi connectivity index (χ1) is 17.3. The van der Waals surface area contributed by atoms with Gasteiger partial charge >= 0.3 is 6.18 Å². The summed E-state index contributed by atoms with van der Waals surface area (Å²) in [7, 11) is 0. The summed E-state index contributed by atoms with van der Waals surface area (Å²) in [5, 5.41) is 10.8. The normalized spacial score (nSPS) is 17.0. The molecule has 0 N–H and O–H groups in total. The molecule has 3 aromatic rings. The van der Waals surface area contributed by atoms with Crippen molar-refractivity contribution in [3.8, 4) is 11.4 Å². The topological polar surface area (TPSA) is 77.0 Å². The summed E-state index contributed by atoms with van der Waals surface area (Å²) >= 11 is 2.56. The number of aryl methyl sites for hydroxylation is 1. The van der Waals surface area contributed by atoms with Gasteiger partial charge in [-0.1, -0.05) is 23.4 Å². The van der Waals surface area contributed by atoms with E-state index in [0.29, 0.717) is 24.5 Å². The van der Waals surface area contributed by atoms with Crippen LogP contribution < -0.4 is 0 Å². The summed E-state index contributed by atoms with van der Waals surface area (Å²) in [5.41, 5.74) is 1.93. The summed E-state index contributed by atoms with van der Waals surface area (Å²) in [6, 6.07) is 2.90. The third kappa shape index (κ3) is 5.44. The van der Waals surface area contributed by atoms with Gasteiger partial charge in [-0.05, 0) is 50.6 Å².